The van der Waals surface area contributed by atoms with Gasteiger partial charge in [0.1, 0.15) is 0 Å². The summed E-state index contributed by atoms with van der Waals surface area (Å²) >= 11 is 3.40. The minimum Gasteiger partial charge on any atom is -0.388 e. The zero-order chi connectivity index (χ0) is 13.0. The van der Waals surface area contributed by atoms with Crippen LogP contribution in [0.5, 0.6) is 0 Å². The van der Waals surface area contributed by atoms with Gasteiger partial charge in [-0.2, -0.15) is 0 Å². The van der Waals surface area contributed by atoms with E-state index in [0.717, 1.165) is 42.5 Å². The molecule has 0 bridgehead atoms. The van der Waals surface area contributed by atoms with Crippen LogP contribution in [0, 0.1) is 0 Å². The number of ether oxygens (including phenoxy) is 1. The Kier molecular flexibility index (Phi) is 5.18. The van der Waals surface area contributed by atoms with Crippen LogP contribution < -0.4 is 0 Å². The van der Waals surface area contributed by atoms with E-state index >= 15 is 0 Å². The molecular weight excluding hydrogens is 294 g/mol. The molecule has 4 heteroatoms. The number of aliphatic hydroxyl groups is 1. The standard InChI is InChI=1S/C14H20BrNO2/c1-18-13-6-8-16(10-13)9-7-14(17)11-2-4-12(15)5-3-11/h2-5,13-14,17H,6-10H2,1H3. The molecule has 1 aromatic rings. The maximum atomic E-state index is 10.1. The molecule has 2 rings (SSSR count). The average Bonchev–Trinajstić information content (AvgIpc) is 2.85. The molecule has 2 atom stereocenters. The van der Waals surface area contributed by atoms with Gasteiger partial charge in [-0.25, -0.2) is 0 Å². The molecule has 0 saturated carbocycles. The topological polar surface area (TPSA) is 32.7 Å². The number of benzene rings is 1. The van der Waals surface area contributed by atoms with Gasteiger partial charge in [0, 0.05) is 31.2 Å². The van der Waals surface area contributed by atoms with Crippen molar-refractivity contribution in [3.05, 3.63) is 34.3 Å². The van der Waals surface area contributed by atoms with Gasteiger partial charge in [0.05, 0.1) is 12.2 Å². The second-order valence-corrected chi connectivity index (χ2v) is 5.72. The molecule has 1 fully saturated rings. The van der Waals surface area contributed by atoms with E-state index in [1.807, 2.05) is 24.3 Å². The van der Waals surface area contributed by atoms with Crippen LogP contribution >= 0.6 is 15.9 Å². The smallest absolute Gasteiger partial charge is 0.0802 e. The van der Waals surface area contributed by atoms with E-state index in [1.54, 1.807) is 7.11 Å². The van der Waals surface area contributed by atoms with Crippen molar-refractivity contribution >= 4 is 15.9 Å². The van der Waals surface area contributed by atoms with Gasteiger partial charge in [0.25, 0.3) is 0 Å². The highest BCUT2D eigenvalue weighted by atomic mass is 79.9. The number of aliphatic hydroxyl groups excluding tert-OH is 1. The Labute approximate surface area is 117 Å². The van der Waals surface area contributed by atoms with Crippen LogP contribution in [0.2, 0.25) is 0 Å². The van der Waals surface area contributed by atoms with E-state index in [4.69, 9.17) is 4.74 Å². The van der Waals surface area contributed by atoms with Crippen LogP contribution in [-0.2, 0) is 4.74 Å². The number of likely N-dealkylation sites (tertiary alicyclic amines) is 1. The van der Waals surface area contributed by atoms with Crippen LogP contribution in [0.15, 0.2) is 28.7 Å². The number of nitrogens with zero attached hydrogens (tertiary/aromatic N) is 1. The van der Waals surface area contributed by atoms with Gasteiger partial charge in [0.2, 0.25) is 0 Å². The van der Waals surface area contributed by atoms with Crippen molar-refractivity contribution in [2.45, 2.75) is 25.0 Å². The fourth-order valence-corrected chi connectivity index (χ4v) is 2.61. The lowest BCUT2D eigenvalue weighted by Crippen LogP contribution is -2.25. The SMILES string of the molecule is COC1CCN(CCC(O)c2ccc(Br)cc2)C1. The molecule has 100 valence electrons. The summed E-state index contributed by atoms with van der Waals surface area (Å²) in [5.74, 6) is 0. The highest BCUT2D eigenvalue weighted by Crippen LogP contribution is 2.21. The summed E-state index contributed by atoms with van der Waals surface area (Å²) in [6, 6.07) is 7.87. The van der Waals surface area contributed by atoms with E-state index in [-0.39, 0.29) is 6.10 Å². The van der Waals surface area contributed by atoms with Gasteiger partial charge in [0.15, 0.2) is 0 Å². The average molecular weight is 314 g/mol. The molecule has 3 nitrogen and oxygen atoms in total. The normalized spacial score (nSPS) is 22.3. The summed E-state index contributed by atoms with van der Waals surface area (Å²) in [7, 11) is 1.77. The monoisotopic (exact) mass is 313 g/mol. The summed E-state index contributed by atoms with van der Waals surface area (Å²) in [6.45, 7) is 2.99. The fraction of sp³-hybridized carbons (Fsp3) is 0.571. The Balaban J connectivity index is 1.78. The minimum absolute atomic E-state index is 0.370. The zero-order valence-corrected chi connectivity index (χ0v) is 12.3. The third-order valence-electron chi connectivity index (χ3n) is 3.54. The fourth-order valence-electron chi connectivity index (χ4n) is 2.35. The van der Waals surface area contributed by atoms with E-state index in [2.05, 4.69) is 20.8 Å². The molecule has 1 aliphatic heterocycles. The van der Waals surface area contributed by atoms with Crippen molar-refractivity contribution in [3.8, 4) is 0 Å². The Morgan fingerprint density at radius 1 is 1.44 bits per heavy atom. The van der Waals surface area contributed by atoms with Gasteiger partial charge < -0.3 is 14.7 Å². The third-order valence-corrected chi connectivity index (χ3v) is 4.06. The first-order valence-electron chi connectivity index (χ1n) is 6.37. The van der Waals surface area contributed by atoms with Crippen LogP contribution in [0.25, 0.3) is 0 Å². The van der Waals surface area contributed by atoms with Crippen molar-refractivity contribution in [2.24, 2.45) is 0 Å². The predicted octanol–water partition coefficient (Wildman–Crippen LogP) is 2.59. The van der Waals surface area contributed by atoms with Crippen molar-refractivity contribution in [3.63, 3.8) is 0 Å². The Bertz CT molecular complexity index is 369. The highest BCUT2D eigenvalue weighted by molar-refractivity contribution is 9.10. The molecule has 0 spiro atoms. The molecule has 0 aliphatic carbocycles. The maximum Gasteiger partial charge on any atom is 0.0802 e. The summed E-state index contributed by atoms with van der Waals surface area (Å²) in [6.07, 6.45) is 1.87. The van der Waals surface area contributed by atoms with Gasteiger partial charge >= 0.3 is 0 Å². The van der Waals surface area contributed by atoms with Gasteiger partial charge in [-0.3, -0.25) is 0 Å². The van der Waals surface area contributed by atoms with E-state index in [9.17, 15) is 5.11 Å². The second kappa shape index (κ2) is 6.66. The number of rotatable bonds is 5. The molecule has 18 heavy (non-hydrogen) atoms. The molecule has 0 amide bonds. The van der Waals surface area contributed by atoms with Crippen molar-refractivity contribution in [1.29, 1.82) is 0 Å². The summed E-state index contributed by atoms with van der Waals surface area (Å²) in [5, 5.41) is 10.1. The van der Waals surface area contributed by atoms with Crippen molar-refractivity contribution in [1.82, 2.24) is 4.90 Å². The Morgan fingerprint density at radius 2 is 2.17 bits per heavy atom. The van der Waals surface area contributed by atoms with Crippen molar-refractivity contribution < 1.29 is 9.84 Å². The molecule has 2 unspecified atom stereocenters. The number of hydrogen-bond donors (Lipinski definition) is 1. The minimum atomic E-state index is -0.375. The largest absolute Gasteiger partial charge is 0.388 e. The maximum absolute atomic E-state index is 10.1. The van der Waals surface area contributed by atoms with Crippen molar-refractivity contribution in [2.75, 3.05) is 26.7 Å². The lowest BCUT2D eigenvalue weighted by Gasteiger charge is -2.18. The summed E-state index contributed by atoms with van der Waals surface area (Å²) in [5.41, 5.74) is 0.987. The van der Waals surface area contributed by atoms with Gasteiger partial charge in [-0.1, -0.05) is 28.1 Å². The summed E-state index contributed by atoms with van der Waals surface area (Å²) < 4.78 is 6.38. The molecule has 1 saturated heterocycles. The van der Waals surface area contributed by atoms with Crippen LogP contribution in [-0.4, -0.2) is 42.9 Å². The van der Waals surface area contributed by atoms with Gasteiger partial charge in [-0.15, -0.1) is 0 Å². The van der Waals surface area contributed by atoms with E-state index in [1.165, 1.54) is 0 Å². The first kappa shape index (κ1) is 14.0. The van der Waals surface area contributed by atoms with Gasteiger partial charge in [-0.05, 0) is 30.5 Å². The molecule has 0 aromatic heterocycles. The summed E-state index contributed by atoms with van der Waals surface area (Å²) in [4.78, 5) is 2.36. The van der Waals surface area contributed by atoms with Crippen LogP contribution in [0.4, 0.5) is 0 Å². The Morgan fingerprint density at radius 3 is 2.78 bits per heavy atom. The lowest BCUT2D eigenvalue weighted by molar-refractivity contribution is 0.102. The molecule has 1 N–H and O–H groups in total. The quantitative estimate of drug-likeness (QED) is 0.907. The highest BCUT2D eigenvalue weighted by Gasteiger charge is 2.22. The van der Waals surface area contributed by atoms with E-state index in [0.29, 0.717) is 6.10 Å². The number of halogens is 1. The first-order valence-corrected chi connectivity index (χ1v) is 7.17. The van der Waals surface area contributed by atoms with Crippen LogP contribution in [0.3, 0.4) is 0 Å². The molecule has 0 radical (unpaired) electrons. The third kappa shape index (κ3) is 3.79. The predicted molar refractivity (Wildman–Crippen MR) is 75.6 cm³/mol. The zero-order valence-electron chi connectivity index (χ0n) is 10.7. The molecule has 1 heterocycles. The molecular formula is C14H20BrNO2. The second-order valence-electron chi connectivity index (χ2n) is 4.80. The molecule has 1 aliphatic rings. The molecule has 1 aromatic carbocycles. The number of methoxy groups -OCH3 is 1. The van der Waals surface area contributed by atoms with Crippen LogP contribution in [0.1, 0.15) is 24.5 Å². The Hall–Kier alpha value is -0.420. The van der Waals surface area contributed by atoms with E-state index < -0.39 is 0 Å². The first-order chi connectivity index (χ1) is 8.69. The number of hydrogen-bond acceptors (Lipinski definition) is 3. The lowest BCUT2D eigenvalue weighted by atomic mass is 10.1.